The number of halogens is 2. The number of benzene rings is 1. The number of morpholine rings is 1. The van der Waals surface area contributed by atoms with Gasteiger partial charge in [0, 0.05) is 53.0 Å². The van der Waals surface area contributed by atoms with Crippen LogP contribution in [0.4, 0.5) is 4.39 Å². The second kappa shape index (κ2) is 11.6. The van der Waals surface area contributed by atoms with Crippen molar-refractivity contribution >= 4 is 34.7 Å². The predicted octanol–water partition coefficient (Wildman–Crippen LogP) is 3.15. The Balaban J connectivity index is 1.80. The lowest BCUT2D eigenvalue weighted by Crippen LogP contribution is -2.56. The van der Waals surface area contributed by atoms with Crippen LogP contribution in [-0.4, -0.2) is 73.7 Å². The Labute approximate surface area is 213 Å². The Kier molecular flexibility index (Phi) is 8.51. The van der Waals surface area contributed by atoms with Gasteiger partial charge in [-0.1, -0.05) is 24.6 Å². The molecule has 35 heavy (non-hydrogen) atoms. The van der Waals surface area contributed by atoms with E-state index in [0.29, 0.717) is 47.4 Å². The first-order chi connectivity index (χ1) is 16.9. The minimum atomic E-state index is -0.783. The topological polar surface area (TPSA) is 88.1 Å². The van der Waals surface area contributed by atoms with Crippen LogP contribution >= 0.6 is 22.9 Å². The molecule has 0 saturated carbocycles. The van der Waals surface area contributed by atoms with Crippen molar-refractivity contribution in [1.29, 1.82) is 0 Å². The highest BCUT2D eigenvalue weighted by Crippen LogP contribution is 2.37. The Morgan fingerprint density at radius 3 is 2.94 bits per heavy atom. The van der Waals surface area contributed by atoms with Crippen LogP contribution in [0.5, 0.6) is 0 Å². The van der Waals surface area contributed by atoms with Crippen LogP contribution < -0.4 is 10.6 Å². The molecule has 2 N–H and O–H groups in total. The summed E-state index contributed by atoms with van der Waals surface area (Å²) in [5, 5.41) is 9.46. The van der Waals surface area contributed by atoms with E-state index < -0.39 is 17.8 Å². The van der Waals surface area contributed by atoms with Crippen molar-refractivity contribution < 1.29 is 18.7 Å². The monoisotopic (exact) mass is 521 g/mol. The first kappa shape index (κ1) is 25.7. The number of nitrogens with one attached hydrogen (secondary N) is 2. The van der Waals surface area contributed by atoms with Crippen LogP contribution in [0.2, 0.25) is 5.02 Å². The minimum absolute atomic E-state index is 0.113. The molecule has 2 aromatic rings. The van der Waals surface area contributed by atoms with Crippen LogP contribution in [0, 0.1) is 5.82 Å². The van der Waals surface area contributed by atoms with Gasteiger partial charge in [0.25, 0.3) is 0 Å². The van der Waals surface area contributed by atoms with Crippen molar-refractivity contribution in [3.05, 3.63) is 62.5 Å². The Morgan fingerprint density at radius 2 is 2.26 bits per heavy atom. The van der Waals surface area contributed by atoms with E-state index in [1.165, 1.54) is 30.6 Å². The molecule has 1 aromatic carbocycles. The Morgan fingerprint density at radius 1 is 1.43 bits per heavy atom. The summed E-state index contributed by atoms with van der Waals surface area (Å²) >= 11 is 7.87. The van der Waals surface area contributed by atoms with Gasteiger partial charge in [-0.15, -0.1) is 11.3 Å². The summed E-state index contributed by atoms with van der Waals surface area (Å²) in [6.07, 6.45) is 1.69. The summed E-state index contributed by atoms with van der Waals surface area (Å²) in [5.41, 5.74) is 1.50. The van der Waals surface area contributed by atoms with E-state index >= 15 is 0 Å². The van der Waals surface area contributed by atoms with Crippen molar-refractivity contribution in [3.8, 4) is 0 Å². The number of ether oxygens (including phenoxy) is 2. The highest BCUT2D eigenvalue weighted by Gasteiger charge is 2.37. The van der Waals surface area contributed by atoms with E-state index in [1.54, 1.807) is 12.3 Å². The van der Waals surface area contributed by atoms with Gasteiger partial charge in [0.1, 0.15) is 11.9 Å². The van der Waals surface area contributed by atoms with Gasteiger partial charge in [0.2, 0.25) is 0 Å². The van der Waals surface area contributed by atoms with Crippen LogP contribution in [0.25, 0.3) is 0 Å². The first-order valence-electron chi connectivity index (χ1n) is 11.5. The largest absolute Gasteiger partial charge is 0.466 e. The number of thiazole rings is 1. The number of aromatic nitrogens is 1. The second-order valence-electron chi connectivity index (χ2n) is 8.41. The summed E-state index contributed by atoms with van der Waals surface area (Å²) in [6, 6.07) is 3.55. The summed E-state index contributed by atoms with van der Waals surface area (Å²) in [4.78, 5) is 24.6. The molecule has 4 rings (SSSR count). The minimum Gasteiger partial charge on any atom is -0.466 e. The highest BCUT2D eigenvalue weighted by molar-refractivity contribution is 7.11. The van der Waals surface area contributed by atoms with Gasteiger partial charge >= 0.3 is 5.97 Å². The van der Waals surface area contributed by atoms with Crippen LogP contribution in [0.1, 0.15) is 30.5 Å². The molecule has 1 saturated heterocycles. The van der Waals surface area contributed by atoms with E-state index in [1.807, 2.05) is 5.38 Å². The summed E-state index contributed by atoms with van der Waals surface area (Å²) in [5.74, 6) is -0.463. The molecule has 0 amide bonds. The number of rotatable bonds is 8. The average Bonchev–Trinajstić information content (AvgIpc) is 3.39. The van der Waals surface area contributed by atoms with Gasteiger partial charge < -0.3 is 20.1 Å². The molecule has 1 aromatic heterocycles. The van der Waals surface area contributed by atoms with Crippen molar-refractivity contribution in [3.63, 3.8) is 0 Å². The number of likely N-dealkylation sites (N-methyl/N-ethyl adjacent to an activating group) is 1. The number of carbonyl (C=O) groups is 1. The zero-order valence-electron chi connectivity index (χ0n) is 19.9. The Hall–Kier alpha value is -2.37. The normalized spacial score (nSPS) is 23.1. The molecule has 0 aliphatic carbocycles. The molecule has 3 atom stereocenters. The number of hydrogen-bond acceptors (Lipinski definition) is 9. The maximum Gasteiger partial charge on any atom is 0.338 e. The highest BCUT2D eigenvalue weighted by atomic mass is 35.5. The third-order valence-corrected chi connectivity index (χ3v) is 7.21. The SMILES string of the molecule is CCNCC1COCC(C)N1CC1=C(C(=O)OC)[C@H](c2ccc(F)cc2Cl)N=C(c2nccs2)N1. The molecule has 1 fully saturated rings. The molecule has 0 bridgehead atoms. The number of hydrogen-bond donors (Lipinski definition) is 2. The first-order valence-corrected chi connectivity index (χ1v) is 12.7. The summed E-state index contributed by atoms with van der Waals surface area (Å²) in [6.45, 7) is 7.37. The fourth-order valence-electron chi connectivity index (χ4n) is 4.35. The smallest absolute Gasteiger partial charge is 0.338 e. The average molecular weight is 522 g/mol. The standard InChI is InChI=1S/C24H29ClFN5O3S/c1-4-27-10-16-13-34-12-14(2)31(16)11-19-20(24(32)33-3)21(17-6-5-15(26)9-18(17)25)30-22(29-19)23-28-7-8-35-23/h5-9,14,16,21,27H,4,10-13H2,1-3H3,(H,29,30)/t14?,16?,21-/m0/s1. The van der Waals surface area contributed by atoms with Crippen molar-refractivity contribution in [2.24, 2.45) is 4.99 Å². The maximum absolute atomic E-state index is 13.8. The lowest BCUT2D eigenvalue weighted by Gasteiger charge is -2.42. The number of aliphatic imine (C=N–C) groups is 1. The third kappa shape index (κ3) is 5.73. The van der Waals surface area contributed by atoms with E-state index in [2.05, 4.69) is 34.4 Å². The summed E-state index contributed by atoms with van der Waals surface area (Å²) in [7, 11) is 1.33. The van der Waals surface area contributed by atoms with E-state index in [4.69, 9.17) is 26.1 Å². The number of methoxy groups -OCH3 is 1. The maximum atomic E-state index is 13.8. The quantitative estimate of drug-likeness (QED) is 0.516. The van der Waals surface area contributed by atoms with Crippen molar-refractivity contribution in [2.45, 2.75) is 32.0 Å². The molecular weight excluding hydrogens is 493 g/mol. The fourth-order valence-corrected chi connectivity index (χ4v) is 5.21. The number of esters is 1. The lowest BCUT2D eigenvalue weighted by atomic mass is 9.94. The van der Waals surface area contributed by atoms with E-state index in [9.17, 15) is 9.18 Å². The third-order valence-electron chi connectivity index (χ3n) is 6.10. The van der Waals surface area contributed by atoms with Crippen LogP contribution in [0.3, 0.4) is 0 Å². The molecule has 2 aliphatic heterocycles. The van der Waals surface area contributed by atoms with E-state index in [-0.39, 0.29) is 17.1 Å². The second-order valence-corrected chi connectivity index (χ2v) is 9.71. The van der Waals surface area contributed by atoms with Crippen LogP contribution in [0.15, 0.2) is 46.0 Å². The number of amidine groups is 1. The molecule has 188 valence electrons. The molecule has 0 spiro atoms. The molecule has 8 nitrogen and oxygen atoms in total. The molecule has 2 unspecified atom stereocenters. The van der Waals surface area contributed by atoms with Gasteiger partial charge in [0.05, 0.1) is 25.9 Å². The molecule has 11 heteroatoms. The lowest BCUT2D eigenvalue weighted by molar-refractivity contribution is -0.136. The molecular formula is C24H29ClFN5O3S. The van der Waals surface area contributed by atoms with Crippen molar-refractivity contribution in [1.82, 2.24) is 20.5 Å². The molecule has 3 heterocycles. The van der Waals surface area contributed by atoms with Gasteiger partial charge in [-0.25, -0.2) is 14.2 Å². The Bertz CT molecular complexity index is 1110. The van der Waals surface area contributed by atoms with Gasteiger partial charge in [0.15, 0.2) is 10.8 Å². The predicted molar refractivity (Wildman–Crippen MR) is 134 cm³/mol. The van der Waals surface area contributed by atoms with Crippen molar-refractivity contribution in [2.75, 3.05) is 40.0 Å². The van der Waals surface area contributed by atoms with Crippen LogP contribution in [-0.2, 0) is 14.3 Å². The number of carbonyl (C=O) groups excluding carboxylic acids is 1. The fraction of sp³-hybridized carbons (Fsp3) is 0.458. The van der Waals surface area contributed by atoms with Gasteiger partial charge in [-0.3, -0.25) is 9.89 Å². The zero-order valence-corrected chi connectivity index (χ0v) is 21.5. The van der Waals surface area contributed by atoms with Gasteiger partial charge in [-0.2, -0.15) is 0 Å². The number of nitrogens with zero attached hydrogens (tertiary/aromatic N) is 3. The van der Waals surface area contributed by atoms with E-state index in [0.717, 1.165) is 13.1 Å². The van der Waals surface area contributed by atoms with Gasteiger partial charge in [-0.05, 0) is 25.6 Å². The summed E-state index contributed by atoms with van der Waals surface area (Å²) < 4.78 is 24.8. The molecule has 2 aliphatic rings. The zero-order chi connectivity index (χ0) is 24.9. The molecule has 0 radical (unpaired) electrons.